The SMILES string of the molecule is O=C(O)c1ccccc1Nc1ccccc1C(=O)c1ccccc1. The van der Waals surface area contributed by atoms with Crippen molar-refractivity contribution >= 4 is 23.1 Å². The molecule has 0 aliphatic heterocycles. The van der Waals surface area contributed by atoms with Crippen molar-refractivity contribution in [2.24, 2.45) is 0 Å². The van der Waals surface area contributed by atoms with Crippen LogP contribution in [0.5, 0.6) is 0 Å². The van der Waals surface area contributed by atoms with Crippen LogP contribution in [0.4, 0.5) is 11.4 Å². The second-order valence-corrected chi connectivity index (χ2v) is 5.22. The lowest BCUT2D eigenvalue weighted by Crippen LogP contribution is -2.07. The van der Waals surface area contributed by atoms with E-state index in [1.165, 1.54) is 6.07 Å². The van der Waals surface area contributed by atoms with Gasteiger partial charge in [-0.05, 0) is 24.3 Å². The molecule has 0 heterocycles. The van der Waals surface area contributed by atoms with Crippen LogP contribution in [0.15, 0.2) is 78.9 Å². The molecule has 118 valence electrons. The highest BCUT2D eigenvalue weighted by atomic mass is 16.4. The van der Waals surface area contributed by atoms with E-state index in [2.05, 4.69) is 5.32 Å². The monoisotopic (exact) mass is 317 g/mol. The van der Waals surface area contributed by atoms with Gasteiger partial charge >= 0.3 is 5.97 Å². The van der Waals surface area contributed by atoms with E-state index in [9.17, 15) is 14.7 Å². The molecule has 0 aromatic heterocycles. The minimum Gasteiger partial charge on any atom is -0.478 e. The van der Waals surface area contributed by atoms with Crippen molar-refractivity contribution in [3.63, 3.8) is 0 Å². The predicted octanol–water partition coefficient (Wildman–Crippen LogP) is 4.36. The van der Waals surface area contributed by atoms with Crippen molar-refractivity contribution in [2.75, 3.05) is 5.32 Å². The maximum absolute atomic E-state index is 12.7. The van der Waals surface area contributed by atoms with Crippen molar-refractivity contribution in [3.05, 3.63) is 95.6 Å². The van der Waals surface area contributed by atoms with Crippen LogP contribution in [0.3, 0.4) is 0 Å². The molecule has 0 bridgehead atoms. The van der Waals surface area contributed by atoms with Gasteiger partial charge in [-0.25, -0.2) is 4.79 Å². The van der Waals surface area contributed by atoms with Gasteiger partial charge in [0, 0.05) is 16.8 Å². The Labute approximate surface area is 139 Å². The van der Waals surface area contributed by atoms with Crippen LogP contribution >= 0.6 is 0 Å². The summed E-state index contributed by atoms with van der Waals surface area (Å²) in [6.07, 6.45) is 0. The van der Waals surface area contributed by atoms with Gasteiger partial charge in [0.1, 0.15) is 0 Å². The molecule has 2 N–H and O–H groups in total. The Kier molecular flexibility index (Phi) is 4.38. The van der Waals surface area contributed by atoms with Crippen LogP contribution < -0.4 is 5.32 Å². The summed E-state index contributed by atoms with van der Waals surface area (Å²) in [6.45, 7) is 0. The third kappa shape index (κ3) is 3.17. The van der Waals surface area contributed by atoms with E-state index in [1.54, 1.807) is 54.6 Å². The summed E-state index contributed by atoms with van der Waals surface area (Å²) >= 11 is 0. The fraction of sp³-hybridized carbons (Fsp3) is 0. The summed E-state index contributed by atoms with van der Waals surface area (Å²) in [6, 6.07) is 22.6. The molecule has 0 aliphatic carbocycles. The van der Waals surface area contributed by atoms with Gasteiger partial charge in [-0.3, -0.25) is 4.79 Å². The zero-order valence-electron chi connectivity index (χ0n) is 12.8. The molecule has 3 rings (SSSR count). The van der Waals surface area contributed by atoms with Gasteiger partial charge in [-0.1, -0.05) is 54.6 Å². The maximum atomic E-state index is 12.7. The molecule has 0 atom stereocenters. The molecule has 0 saturated carbocycles. The van der Waals surface area contributed by atoms with Gasteiger partial charge in [0.05, 0.1) is 11.3 Å². The molecule has 0 spiro atoms. The van der Waals surface area contributed by atoms with E-state index in [0.717, 1.165) is 0 Å². The smallest absolute Gasteiger partial charge is 0.337 e. The van der Waals surface area contributed by atoms with Gasteiger partial charge in [-0.15, -0.1) is 0 Å². The van der Waals surface area contributed by atoms with Crippen molar-refractivity contribution in [1.29, 1.82) is 0 Å². The molecule has 0 fully saturated rings. The summed E-state index contributed by atoms with van der Waals surface area (Å²) in [5.41, 5.74) is 2.24. The molecule has 0 amide bonds. The third-order valence-corrected chi connectivity index (χ3v) is 3.63. The van der Waals surface area contributed by atoms with Gasteiger partial charge in [-0.2, -0.15) is 0 Å². The lowest BCUT2D eigenvalue weighted by molar-refractivity contribution is 0.0698. The summed E-state index contributed by atoms with van der Waals surface area (Å²) in [7, 11) is 0. The average molecular weight is 317 g/mol. The number of carboxylic acids is 1. The molecule has 3 aromatic carbocycles. The highest BCUT2D eigenvalue weighted by Crippen LogP contribution is 2.25. The molecule has 0 saturated heterocycles. The lowest BCUT2D eigenvalue weighted by atomic mass is 10.0. The second-order valence-electron chi connectivity index (χ2n) is 5.22. The van der Waals surface area contributed by atoms with Crippen LogP contribution in [0.1, 0.15) is 26.3 Å². The van der Waals surface area contributed by atoms with E-state index in [1.807, 2.05) is 18.2 Å². The average Bonchev–Trinajstić information content (AvgIpc) is 2.62. The Morgan fingerprint density at radius 2 is 1.17 bits per heavy atom. The molecule has 0 radical (unpaired) electrons. The molecular formula is C20H15NO3. The number of nitrogens with one attached hydrogen (secondary N) is 1. The predicted molar refractivity (Wildman–Crippen MR) is 93.0 cm³/mol. The van der Waals surface area contributed by atoms with Gasteiger partial charge < -0.3 is 10.4 Å². The van der Waals surface area contributed by atoms with E-state index in [4.69, 9.17) is 0 Å². The zero-order chi connectivity index (χ0) is 16.9. The molecular weight excluding hydrogens is 302 g/mol. The molecule has 4 heteroatoms. The molecule has 3 aromatic rings. The summed E-state index contributed by atoms with van der Waals surface area (Å²) in [5, 5.41) is 12.4. The first-order chi connectivity index (χ1) is 11.7. The van der Waals surface area contributed by atoms with Crippen molar-refractivity contribution in [3.8, 4) is 0 Å². The van der Waals surface area contributed by atoms with Crippen LogP contribution in [0.2, 0.25) is 0 Å². The number of carbonyl (C=O) groups is 2. The molecule has 0 unspecified atom stereocenters. The highest BCUT2D eigenvalue weighted by Gasteiger charge is 2.15. The van der Waals surface area contributed by atoms with Crippen LogP contribution in [0.25, 0.3) is 0 Å². The van der Waals surface area contributed by atoms with Crippen molar-refractivity contribution in [1.82, 2.24) is 0 Å². The number of carbonyl (C=O) groups excluding carboxylic acids is 1. The maximum Gasteiger partial charge on any atom is 0.337 e. The number of ketones is 1. The van der Waals surface area contributed by atoms with E-state index < -0.39 is 5.97 Å². The topological polar surface area (TPSA) is 66.4 Å². The lowest BCUT2D eigenvalue weighted by Gasteiger charge is -2.13. The third-order valence-electron chi connectivity index (χ3n) is 3.63. The molecule has 24 heavy (non-hydrogen) atoms. The Morgan fingerprint density at radius 1 is 0.667 bits per heavy atom. The fourth-order valence-electron chi connectivity index (χ4n) is 2.46. The van der Waals surface area contributed by atoms with E-state index in [-0.39, 0.29) is 11.3 Å². The summed E-state index contributed by atoms with van der Waals surface area (Å²) in [5.74, 6) is -1.14. The Hall–Kier alpha value is -3.40. The minimum absolute atomic E-state index is 0.119. The second kappa shape index (κ2) is 6.79. The number of carboxylic acid groups (broad SMARTS) is 1. The van der Waals surface area contributed by atoms with Crippen LogP contribution in [-0.2, 0) is 0 Å². The Balaban J connectivity index is 1.99. The minimum atomic E-state index is -1.02. The first-order valence-corrected chi connectivity index (χ1v) is 7.45. The van der Waals surface area contributed by atoms with E-state index >= 15 is 0 Å². The normalized spacial score (nSPS) is 10.2. The quantitative estimate of drug-likeness (QED) is 0.686. The van der Waals surface area contributed by atoms with Crippen LogP contribution in [-0.4, -0.2) is 16.9 Å². The fourth-order valence-corrected chi connectivity index (χ4v) is 2.46. The van der Waals surface area contributed by atoms with Crippen molar-refractivity contribution < 1.29 is 14.7 Å². The molecule has 4 nitrogen and oxygen atoms in total. The standard InChI is InChI=1S/C20H15NO3/c22-19(14-8-2-1-3-9-14)15-10-4-6-12-17(15)21-18-13-7-5-11-16(18)20(23)24/h1-13,21H,(H,23,24). The van der Waals surface area contributed by atoms with Gasteiger partial charge in [0.2, 0.25) is 0 Å². The van der Waals surface area contributed by atoms with Gasteiger partial charge in [0.25, 0.3) is 0 Å². The van der Waals surface area contributed by atoms with Crippen LogP contribution in [0, 0.1) is 0 Å². The summed E-state index contributed by atoms with van der Waals surface area (Å²) in [4.78, 5) is 24.1. The first kappa shape index (κ1) is 15.5. The van der Waals surface area contributed by atoms with E-state index in [0.29, 0.717) is 22.5 Å². The number of para-hydroxylation sites is 2. The number of anilines is 2. The van der Waals surface area contributed by atoms with Crippen molar-refractivity contribution in [2.45, 2.75) is 0 Å². The number of hydrogen-bond acceptors (Lipinski definition) is 3. The molecule has 0 aliphatic rings. The number of hydrogen-bond donors (Lipinski definition) is 2. The largest absolute Gasteiger partial charge is 0.478 e. The zero-order valence-corrected chi connectivity index (χ0v) is 12.8. The first-order valence-electron chi connectivity index (χ1n) is 7.45. The number of aromatic carboxylic acids is 1. The number of rotatable bonds is 5. The summed E-state index contributed by atoms with van der Waals surface area (Å²) < 4.78 is 0. The highest BCUT2D eigenvalue weighted by molar-refractivity contribution is 6.12. The number of benzene rings is 3. The Morgan fingerprint density at radius 3 is 1.79 bits per heavy atom. The van der Waals surface area contributed by atoms with Gasteiger partial charge in [0.15, 0.2) is 5.78 Å². The Bertz CT molecular complexity index is 888.